The Bertz CT molecular complexity index is 1120. The highest BCUT2D eigenvalue weighted by Crippen LogP contribution is 2.30. The van der Waals surface area contributed by atoms with Crippen molar-refractivity contribution in [2.45, 2.75) is 26.4 Å². The van der Waals surface area contributed by atoms with Gasteiger partial charge in [-0.15, -0.1) is 0 Å². The summed E-state index contributed by atoms with van der Waals surface area (Å²) in [5.74, 6) is 0.706. The lowest BCUT2D eigenvalue weighted by Crippen LogP contribution is -2.40. The molecule has 0 fully saturated rings. The molecule has 0 bridgehead atoms. The maximum Gasteiger partial charge on any atom is 0.332 e. The molecule has 0 atom stereocenters. The van der Waals surface area contributed by atoms with Crippen LogP contribution in [0.5, 0.6) is 0 Å². The van der Waals surface area contributed by atoms with Gasteiger partial charge in [-0.3, -0.25) is 13.9 Å². The van der Waals surface area contributed by atoms with Crippen LogP contribution >= 0.6 is 0 Å². The van der Waals surface area contributed by atoms with Crippen LogP contribution in [0, 0.1) is 0 Å². The van der Waals surface area contributed by atoms with Gasteiger partial charge < -0.3 is 9.47 Å². The van der Waals surface area contributed by atoms with E-state index in [-0.39, 0.29) is 17.8 Å². The monoisotopic (exact) mass is 351 g/mol. The van der Waals surface area contributed by atoms with E-state index in [9.17, 15) is 9.59 Å². The highest BCUT2D eigenvalue weighted by atomic mass is 16.2. The molecule has 3 heterocycles. The molecule has 1 aliphatic rings. The normalized spacial score (nSPS) is 13.8. The number of aryl methyl sites for hydroxylation is 2. The lowest BCUT2D eigenvalue weighted by atomic mass is 10.2. The third kappa shape index (κ3) is 2.39. The van der Waals surface area contributed by atoms with Gasteiger partial charge in [0, 0.05) is 25.8 Å². The molecule has 4 rings (SSSR count). The fourth-order valence-corrected chi connectivity index (χ4v) is 3.53. The number of para-hydroxylation sites is 1. The fourth-order valence-electron chi connectivity index (χ4n) is 3.53. The second kappa shape index (κ2) is 6.01. The van der Waals surface area contributed by atoms with Gasteiger partial charge in [0.25, 0.3) is 5.56 Å². The van der Waals surface area contributed by atoms with E-state index in [1.54, 1.807) is 14.0 Å². The summed E-state index contributed by atoms with van der Waals surface area (Å²) in [6, 6.07) is 9.97. The van der Waals surface area contributed by atoms with Gasteiger partial charge in [0.15, 0.2) is 11.2 Å². The third-order valence-corrected chi connectivity index (χ3v) is 4.71. The predicted molar refractivity (Wildman–Crippen MR) is 102 cm³/mol. The topological polar surface area (TPSA) is 65.1 Å². The van der Waals surface area contributed by atoms with Gasteiger partial charge in [-0.25, -0.2) is 4.79 Å². The Balaban J connectivity index is 2.01. The van der Waals surface area contributed by atoms with Gasteiger partial charge in [0.1, 0.15) is 0 Å². The third-order valence-electron chi connectivity index (χ3n) is 4.71. The molecule has 1 aromatic carbocycles. The van der Waals surface area contributed by atoms with Crippen LogP contribution in [0.25, 0.3) is 11.2 Å². The van der Waals surface area contributed by atoms with E-state index in [2.05, 4.69) is 16.5 Å². The molecule has 2 aromatic heterocycles. The maximum absolute atomic E-state index is 13.0. The molecular weight excluding hydrogens is 330 g/mol. The summed E-state index contributed by atoms with van der Waals surface area (Å²) in [6.45, 7) is 7.37. The lowest BCUT2D eigenvalue weighted by molar-refractivity contribution is 0.597. The van der Waals surface area contributed by atoms with E-state index < -0.39 is 0 Å². The van der Waals surface area contributed by atoms with E-state index in [1.165, 1.54) is 9.13 Å². The van der Waals surface area contributed by atoms with Crippen molar-refractivity contribution in [2.75, 3.05) is 11.4 Å². The molecule has 0 unspecified atom stereocenters. The quantitative estimate of drug-likeness (QED) is 0.677. The van der Waals surface area contributed by atoms with Crippen molar-refractivity contribution >= 4 is 22.8 Å². The first-order chi connectivity index (χ1) is 12.5. The largest absolute Gasteiger partial charge is 0.332 e. The Kier molecular flexibility index (Phi) is 3.79. The minimum atomic E-state index is -0.368. The summed E-state index contributed by atoms with van der Waals surface area (Å²) in [5.41, 5.74) is 2.01. The van der Waals surface area contributed by atoms with E-state index in [0.717, 1.165) is 24.2 Å². The van der Waals surface area contributed by atoms with Crippen LogP contribution in [0.2, 0.25) is 0 Å². The predicted octanol–water partition coefficient (Wildman–Crippen LogP) is 2.01. The van der Waals surface area contributed by atoms with E-state index in [4.69, 9.17) is 0 Å². The molecule has 0 amide bonds. The number of benzene rings is 1. The van der Waals surface area contributed by atoms with E-state index in [1.807, 2.05) is 34.9 Å². The van der Waals surface area contributed by atoms with Crippen molar-refractivity contribution in [1.82, 2.24) is 18.7 Å². The summed E-state index contributed by atoms with van der Waals surface area (Å²) in [7, 11) is 1.66. The number of hydrogen-bond donors (Lipinski definition) is 0. The Labute approximate surface area is 150 Å². The summed E-state index contributed by atoms with van der Waals surface area (Å²) in [6.07, 6.45) is 0.899. The SMILES string of the molecule is C=C(C)Cn1c(=O)c2c(nc3n2CCCN3c2ccccc2)n(C)c1=O. The highest BCUT2D eigenvalue weighted by molar-refractivity contribution is 5.77. The minimum Gasteiger partial charge on any atom is -0.312 e. The molecule has 0 radical (unpaired) electrons. The van der Waals surface area contributed by atoms with Crippen molar-refractivity contribution in [1.29, 1.82) is 0 Å². The second-order valence-electron chi connectivity index (χ2n) is 6.77. The number of fused-ring (bicyclic) bond motifs is 3. The zero-order valence-electron chi connectivity index (χ0n) is 15.0. The van der Waals surface area contributed by atoms with Crippen LogP contribution < -0.4 is 16.1 Å². The Hall–Kier alpha value is -3.09. The first kappa shape index (κ1) is 16.4. The summed E-state index contributed by atoms with van der Waals surface area (Å²) < 4.78 is 4.62. The second-order valence-corrected chi connectivity index (χ2v) is 6.77. The first-order valence-electron chi connectivity index (χ1n) is 8.66. The number of hydrogen-bond acceptors (Lipinski definition) is 4. The molecule has 26 heavy (non-hydrogen) atoms. The molecule has 0 saturated heterocycles. The van der Waals surface area contributed by atoms with Gasteiger partial charge >= 0.3 is 5.69 Å². The Morgan fingerprint density at radius 1 is 1.19 bits per heavy atom. The van der Waals surface area contributed by atoms with Gasteiger partial charge in [0.05, 0.1) is 6.54 Å². The molecule has 0 saturated carbocycles. The highest BCUT2D eigenvalue weighted by Gasteiger charge is 2.26. The fraction of sp³-hybridized carbons (Fsp3) is 0.316. The summed E-state index contributed by atoms with van der Waals surface area (Å²) in [5, 5.41) is 0. The number of allylic oxidation sites excluding steroid dienone is 1. The molecule has 134 valence electrons. The zero-order chi connectivity index (χ0) is 18.4. The van der Waals surface area contributed by atoms with Gasteiger partial charge in [-0.05, 0) is 25.5 Å². The average Bonchev–Trinajstić information content (AvgIpc) is 3.04. The number of imidazole rings is 1. The summed E-state index contributed by atoms with van der Waals surface area (Å²) in [4.78, 5) is 32.4. The Morgan fingerprint density at radius 2 is 1.92 bits per heavy atom. The molecule has 3 aromatic rings. The van der Waals surface area contributed by atoms with Crippen LogP contribution in [0.3, 0.4) is 0 Å². The molecule has 7 nitrogen and oxygen atoms in total. The van der Waals surface area contributed by atoms with E-state index in [0.29, 0.717) is 23.7 Å². The van der Waals surface area contributed by atoms with Crippen molar-refractivity contribution in [2.24, 2.45) is 7.05 Å². The molecule has 0 N–H and O–H groups in total. The smallest absolute Gasteiger partial charge is 0.312 e. The molecular formula is C19H21N5O2. The van der Waals surface area contributed by atoms with Crippen LogP contribution in [0.1, 0.15) is 13.3 Å². The van der Waals surface area contributed by atoms with Crippen LogP contribution in [0.4, 0.5) is 11.6 Å². The van der Waals surface area contributed by atoms with Crippen molar-refractivity contribution in [3.05, 3.63) is 63.3 Å². The van der Waals surface area contributed by atoms with Crippen LogP contribution in [-0.4, -0.2) is 25.2 Å². The zero-order valence-corrected chi connectivity index (χ0v) is 15.0. The van der Waals surface area contributed by atoms with Gasteiger partial charge in [0.2, 0.25) is 5.95 Å². The number of nitrogens with zero attached hydrogens (tertiary/aromatic N) is 5. The standard InChI is InChI=1S/C19H21N5O2/c1-13(2)12-24-17(25)15-16(21(3)19(24)26)20-18-22(10-7-11-23(15)18)14-8-5-4-6-9-14/h4-6,8-9H,1,7,10-12H2,2-3H3. The molecule has 0 spiro atoms. The van der Waals surface area contributed by atoms with E-state index >= 15 is 0 Å². The molecule has 7 heteroatoms. The molecule has 1 aliphatic heterocycles. The van der Waals surface area contributed by atoms with Gasteiger partial charge in [-0.2, -0.15) is 4.98 Å². The maximum atomic E-state index is 13.0. The number of rotatable bonds is 3. The van der Waals surface area contributed by atoms with Crippen molar-refractivity contribution in [3.8, 4) is 0 Å². The molecule has 0 aliphatic carbocycles. The van der Waals surface area contributed by atoms with Crippen molar-refractivity contribution < 1.29 is 0 Å². The minimum absolute atomic E-state index is 0.213. The van der Waals surface area contributed by atoms with Crippen molar-refractivity contribution in [3.63, 3.8) is 0 Å². The average molecular weight is 351 g/mol. The lowest BCUT2D eigenvalue weighted by Gasteiger charge is -2.28. The van der Waals surface area contributed by atoms with Crippen LogP contribution in [0.15, 0.2) is 52.1 Å². The number of aromatic nitrogens is 4. The Morgan fingerprint density at radius 3 is 2.62 bits per heavy atom. The van der Waals surface area contributed by atoms with Gasteiger partial charge in [-0.1, -0.05) is 30.4 Å². The van der Waals surface area contributed by atoms with Crippen LogP contribution in [-0.2, 0) is 20.1 Å². The summed E-state index contributed by atoms with van der Waals surface area (Å²) >= 11 is 0. The number of anilines is 2. The first-order valence-corrected chi connectivity index (χ1v) is 8.66.